The molecule has 84 valence electrons. The van der Waals surface area contributed by atoms with Gasteiger partial charge in [0.1, 0.15) is 0 Å². The zero-order valence-corrected chi connectivity index (χ0v) is 9.61. The van der Waals surface area contributed by atoms with Gasteiger partial charge in [0, 0.05) is 18.0 Å². The van der Waals surface area contributed by atoms with E-state index >= 15 is 0 Å². The Balaban J connectivity index is 2.39. The average Bonchev–Trinajstić information content (AvgIpc) is 2.32. The molecule has 0 saturated heterocycles. The van der Waals surface area contributed by atoms with E-state index in [2.05, 4.69) is 0 Å². The normalized spacial score (nSPS) is 20.9. The first-order chi connectivity index (χ1) is 7.72. The number of hydrogen-bond acceptors (Lipinski definition) is 2. The highest BCUT2D eigenvalue weighted by Crippen LogP contribution is 2.33. The summed E-state index contributed by atoms with van der Waals surface area (Å²) in [4.78, 5) is 0. The Hall–Kier alpha value is -1.09. The summed E-state index contributed by atoms with van der Waals surface area (Å²) in [5.74, 6) is 0. The van der Waals surface area contributed by atoms with Crippen LogP contribution < -0.4 is 5.73 Å². The second-order valence-electron chi connectivity index (χ2n) is 3.84. The summed E-state index contributed by atoms with van der Waals surface area (Å²) in [5.41, 5.74) is 8.36. The summed E-state index contributed by atoms with van der Waals surface area (Å²) in [6, 6.07) is 9.86. The summed E-state index contributed by atoms with van der Waals surface area (Å²) in [6.45, 7) is 0.347. The first kappa shape index (κ1) is 11.4. The first-order valence-electron chi connectivity index (χ1n) is 5.25. The van der Waals surface area contributed by atoms with Crippen LogP contribution in [0.2, 0.25) is 0 Å². The van der Waals surface area contributed by atoms with Crippen molar-refractivity contribution in [3.63, 3.8) is 0 Å². The van der Waals surface area contributed by atoms with Gasteiger partial charge in [0.25, 0.3) is 0 Å². The monoisotopic (exact) mass is 235 g/mol. The van der Waals surface area contributed by atoms with E-state index < -0.39 is 6.10 Å². The van der Waals surface area contributed by atoms with E-state index in [4.69, 9.17) is 17.3 Å². The van der Waals surface area contributed by atoms with Crippen LogP contribution in [-0.2, 0) is 0 Å². The second kappa shape index (κ2) is 4.83. The van der Waals surface area contributed by atoms with Gasteiger partial charge in [-0.2, -0.15) is 0 Å². The summed E-state index contributed by atoms with van der Waals surface area (Å²) in [7, 11) is 0. The lowest BCUT2D eigenvalue weighted by molar-refractivity contribution is 0.214. The third-order valence-corrected chi connectivity index (χ3v) is 3.12. The molecule has 1 aromatic rings. The lowest BCUT2D eigenvalue weighted by Gasteiger charge is -2.22. The van der Waals surface area contributed by atoms with Crippen molar-refractivity contribution in [2.75, 3.05) is 6.54 Å². The van der Waals surface area contributed by atoms with E-state index in [1.54, 1.807) is 6.08 Å². The van der Waals surface area contributed by atoms with Crippen LogP contribution in [0.3, 0.4) is 0 Å². The van der Waals surface area contributed by atoms with E-state index in [-0.39, 0.29) is 0 Å². The van der Waals surface area contributed by atoms with E-state index in [1.807, 2.05) is 30.3 Å². The van der Waals surface area contributed by atoms with Crippen molar-refractivity contribution in [2.45, 2.75) is 12.5 Å². The largest absolute Gasteiger partial charge is 0.388 e. The molecule has 0 heterocycles. The third-order valence-electron chi connectivity index (χ3n) is 2.78. The number of rotatable bonds is 2. The molecule has 3 heteroatoms. The quantitative estimate of drug-likeness (QED) is 0.826. The topological polar surface area (TPSA) is 46.2 Å². The fraction of sp³-hybridized carbons (Fsp3) is 0.231. The van der Waals surface area contributed by atoms with Gasteiger partial charge < -0.3 is 10.8 Å². The van der Waals surface area contributed by atoms with Crippen molar-refractivity contribution in [1.82, 2.24) is 0 Å². The van der Waals surface area contributed by atoms with Crippen molar-refractivity contribution in [3.8, 4) is 0 Å². The van der Waals surface area contributed by atoms with Crippen LogP contribution in [0.25, 0.3) is 5.57 Å². The molecule has 0 fully saturated rings. The Kier molecular flexibility index (Phi) is 3.44. The molecule has 1 aliphatic rings. The minimum absolute atomic E-state index is 0.347. The van der Waals surface area contributed by atoms with Crippen molar-refractivity contribution in [2.24, 2.45) is 5.73 Å². The van der Waals surface area contributed by atoms with E-state index in [0.29, 0.717) is 18.0 Å². The van der Waals surface area contributed by atoms with Crippen molar-refractivity contribution in [3.05, 3.63) is 52.6 Å². The van der Waals surface area contributed by atoms with Gasteiger partial charge in [-0.3, -0.25) is 0 Å². The molecule has 1 atom stereocenters. The van der Waals surface area contributed by atoms with Crippen LogP contribution in [0.4, 0.5) is 0 Å². The zero-order chi connectivity index (χ0) is 11.5. The number of aliphatic hydroxyl groups is 1. The Labute approximate surface area is 100 Å². The Morgan fingerprint density at radius 1 is 1.31 bits per heavy atom. The number of benzene rings is 1. The van der Waals surface area contributed by atoms with Crippen molar-refractivity contribution < 1.29 is 5.11 Å². The molecule has 0 spiro atoms. The van der Waals surface area contributed by atoms with Gasteiger partial charge in [0.2, 0.25) is 0 Å². The highest BCUT2D eigenvalue weighted by molar-refractivity contribution is 6.34. The standard InChI is InChI=1S/C13H14ClNO/c14-12-6-10(8-15)13(16)7-11(12)9-4-2-1-3-5-9/h1-6,13,16H,7-8,15H2/t13-/m1/s1. The molecule has 16 heavy (non-hydrogen) atoms. The molecule has 0 aromatic heterocycles. The van der Waals surface area contributed by atoms with Gasteiger partial charge in [-0.05, 0) is 22.8 Å². The lowest BCUT2D eigenvalue weighted by atomic mass is 9.91. The molecule has 1 aromatic carbocycles. The van der Waals surface area contributed by atoms with Crippen LogP contribution in [0.5, 0.6) is 0 Å². The summed E-state index contributed by atoms with van der Waals surface area (Å²) < 4.78 is 0. The van der Waals surface area contributed by atoms with Crippen LogP contribution in [-0.4, -0.2) is 17.8 Å². The van der Waals surface area contributed by atoms with Gasteiger partial charge in [0.05, 0.1) is 6.10 Å². The van der Waals surface area contributed by atoms with Crippen LogP contribution in [0.15, 0.2) is 47.0 Å². The molecule has 0 unspecified atom stereocenters. The molecule has 2 nitrogen and oxygen atoms in total. The molecule has 1 aliphatic carbocycles. The SMILES string of the molecule is NCC1=CC(Cl)=C(c2ccccc2)C[C@H]1O. The van der Waals surface area contributed by atoms with E-state index in [9.17, 15) is 5.11 Å². The fourth-order valence-corrected chi connectivity index (χ4v) is 2.18. The van der Waals surface area contributed by atoms with Gasteiger partial charge in [-0.15, -0.1) is 0 Å². The Bertz CT molecular complexity index is 437. The van der Waals surface area contributed by atoms with E-state index in [1.165, 1.54) is 0 Å². The third kappa shape index (κ3) is 2.19. The number of aliphatic hydroxyl groups excluding tert-OH is 1. The number of nitrogens with two attached hydrogens (primary N) is 1. The van der Waals surface area contributed by atoms with Gasteiger partial charge >= 0.3 is 0 Å². The summed E-state index contributed by atoms with van der Waals surface area (Å²) in [6.07, 6.45) is 1.80. The minimum atomic E-state index is -0.511. The molecule has 0 bridgehead atoms. The van der Waals surface area contributed by atoms with Gasteiger partial charge in [0.15, 0.2) is 0 Å². The van der Waals surface area contributed by atoms with Gasteiger partial charge in [-0.25, -0.2) is 0 Å². The molecule has 3 N–H and O–H groups in total. The summed E-state index contributed by atoms with van der Waals surface area (Å²) >= 11 is 6.19. The minimum Gasteiger partial charge on any atom is -0.388 e. The Morgan fingerprint density at radius 2 is 2.00 bits per heavy atom. The van der Waals surface area contributed by atoms with Crippen LogP contribution in [0.1, 0.15) is 12.0 Å². The molecule has 0 saturated carbocycles. The molecular weight excluding hydrogens is 222 g/mol. The maximum absolute atomic E-state index is 9.88. The maximum atomic E-state index is 9.88. The average molecular weight is 236 g/mol. The second-order valence-corrected chi connectivity index (χ2v) is 4.24. The molecule has 0 radical (unpaired) electrons. The highest BCUT2D eigenvalue weighted by atomic mass is 35.5. The molecular formula is C13H14ClNO. The number of allylic oxidation sites excluding steroid dienone is 2. The zero-order valence-electron chi connectivity index (χ0n) is 8.86. The number of halogens is 1. The maximum Gasteiger partial charge on any atom is 0.0807 e. The predicted octanol–water partition coefficient (Wildman–Crippen LogP) is 2.29. The highest BCUT2D eigenvalue weighted by Gasteiger charge is 2.20. The molecule has 2 rings (SSSR count). The lowest BCUT2D eigenvalue weighted by Crippen LogP contribution is -2.21. The predicted molar refractivity (Wildman–Crippen MR) is 67.0 cm³/mol. The smallest absolute Gasteiger partial charge is 0.0807 e. The van der Waals surface area contributed by atoms with E-state index in [0.717, 1.165) is 16.7 Å². The fourth-order valence-electron chi connectivity index (χ4n) is 1.86. The Morgan fingerprint density at radius 3 is 2.62 bits per heavy atom. The van der Waals surface area contributed by atoms with Crippen molar-refractivity contribution >= 4 is 17.2 Å². The van der Waals surface area contributed by atoms with Crippen LogP contribution >= 0.6 is 11.6 Å². The van der Waals surface area contributed by atoms with Gasteiger partial charge in [-0.1, -0.05) is 41.9 Å². The molecule has 0 amide bonds. The summed E-state index contributed by atoms with van der Waals surface area (Å²) in [5, 5.41) is 10.6. The molecule has 0 aliphatic heterocycles. The van der Waals surface area contributed by atoms with Crippen molar-refractivity contribution in [1.29, 1.82) is 0 Å². The number of hydrogen-bond donors (Lipinski definition) is 2. The van der Waals surface area contributed by atoms with Crippen LogP contribution in [0, 0.1) is 0 Å². The first-order valence-corrected chi connectivity index (χ1v) is 5.63.